The SMILES string of the molecule is COc1ccc(CC(N)CC2CC3CCC2C3)cc1. The Hall–Kier alpha value is -1.02. The van der Waals surface area contributed by atoms with Crippen LogP contribution in [0.3, 0.4) is 0 Å². The van der Waals surface area contributed by atoms with Gasteiger partial charge in [-0.25, -0.2) is 0 Å². The smallest absolute Gasteiger partial charge is 0.118 e. The maximum Gasteiger partial charge on any atom is 0.118 e. The van der Waals surface area contributed by atoms with Crippen molar-refractivity contribution in [2.75, 3.05) is 7.11 Å². The number of benzene rings is 1. The van der Waals surface area contributed by atoms with Crippen LogP contribution in [0.2, 0.25) is 0 Å². The zero-order chi connectivity index (χ0) is 13.2. The molecule has 2 aliphatic carbocycles. The Labute approximate surface area is 116 Å². The molecule has 2 fully saturated rings. The molecule has 4 unspecified atom stereocenters. The second-order valence-corrected chi connectivity index (χ2v) is 6.48. The van der Waals surface area contributed by atoms with Crippen LogP contribution in [0.1, 0.15) is 37.7 Å². The Morgan fingerprint density at radius 2 is 2.00 bits per heavy atom. The number of rotatable bonds is 5. The van der Waals surface area contributed by atoms with Crippen LogP contribution in [-0.4, -0.2) is 13.2 Å². The summed E-state index contributed by atoms with van der Waals surface area (Å²) in [6, 6.07) is 8.65. The van der Waals surface area contributed by atoms with Crippen LogP contribution in [0.25, 0.3) is 0 Å². The molecule has 104 valence electrons. The molecule has 2 heteroatoms. The standard InChI is InChI=1S/C17H25NO/c1-19-17-6-3-12(4-7-17)10-16(18)11-15-9-13-2-5-14(15)8-13/h3-4,6-7,13-16H,2,5,8-11,18H2,1H3. The minimum absolute atomic E-state index is 0.317. The summed E-state index contributed by atoms with van der Waals surface area (Å²) in [6.45, 7) is 0. The van der Waals surface area contributed by atoms with Gasteiger partial charge in [-0.05, 0) is 67.6 Å². The molecule has 0 radical (unpaired) electrons. The molecule has 0 aliphatic heterocycles. The van der Waals surface area contributed by atoms with Gasteiger partial charge < -0.3 is 10.5 Å². The van der Waals surface area contributed by atoms with Crippen molar-refractivity contribution in [2.45, 2.75) is 44.6 Å². The van der Waals surface area contributed by atoms with E-state index in [-0.39, 0.29) is 0 Å². The summed E-state index contributed by atoms with van der Waals surface area (Å²) in [5, 5.41) is 0. The lowest BCUT2D eigenvalue weighted by molar-refractivity contribution is 0.294. The third kappa shape index (κ3) is 2.94. The van der Waals surface area contributed by atoms with Gasteiger partial charge in [0.05, 0.1) is 7.11 Å². The lowest BCUT2D eigenvalue weighted by Crippen LogP contribution is -2.28. The molecule has 3 rings (SSSR count). The highest BCUT2D eigenvalue weighted by Gasteiger charge is 2.39. The number of ether oxygens (including phenoxy) is 1. The molecule has 2 bridgehead atoms. The van der Waals surface area contributed by atoms with Crippen molar-refractivity contribution < 1.29 is 4.74 Å². The third-order valence-corrected chi connectivity index (χ3v) is 5.15. The van der Waals surface area contributed by atoms with Crippen LogP contribution in [0, 0.1) is 17.8 Å². The molecular weight excluding hydrogens is 234 g/mol. The predicted octanol–water partition coefficient (Wildman–Crippen LogP) is 3.39. The Bertz CT molecular complexity index is 414. The third-order valence-electron chi connectivity index (χ3n) is 5.15. The van der Waals surface area contributed by atoms with E-state index < -0.39 is 0 Å². The molecule has 4 atom stereocenters. The number of fused-ring (bicyclic) bond motifs is 2. The molecule has 2 aliphatic rings. The van der Waals surface area contributed by atoms with Crippen LogP contribution in [0.5, 0.6) is 5.75 Å². The fraction of sp³-hybridized carbons (Fsp3) is 0.647. The van der Waals surface area contributed by atoms with Crippen molar-refractivity contribution >= 4 is 0 Å². The van der Waals surface area contributed by atoms with E-state index in [9.17, 15) is 0 Å². The number of hydrogen-bond donors (Lipinski definition) is 1. The Balaban J connectivity index is 1.51. The van der Waals surface area contributed by atoms with E-state index in [1.54, 1.807) is 7.11 Å². The van der Waals surface area contributed by atoms with Crippen molar-refractivity contribution in [3.63, 3.8) is 0 Å². The van der Waals surface area contributed by atoms with Gasteiger partial charge >= 0.3 is 0 Å². The van der Waals surface area contributed by atoms with Crippen molar-refractivity contribution in [1.82, 2.24) is 0 Å². The van der Waals surface area contributed by atoms with E-state index >= 15 is 0 Å². The lowest BCUT2D eigenvalue weighted by atomic mass is 9.83. The molecule has 19 heavy (non-hydrogen) atoms. The van der Waals surface area contributed by atoms with Crippen molar-refractivity contribution in [3.8, 4) is 5.75 Å². The molecule has 0 aromatic heterocycles. The van der Waals surface area contributed by atoms with E-state index in [1.807, 2.05) is 12.1 Å². The van der Waals surface area contributed by atoms with E-state index in [2.05, 4.69) is 12.1 Å². The first-order valence-corrected chi connectivity index (χ1v) is 7.63. The molecule has 0 amide bonds. The van der Waals surface area contributed by atoms with Crippen molar-refractivity contribution in [1.29, 1.82) is 0 Å². The van der Waals surface area contributed by atoms with Gasteiger partial charge in [-0.3, -0.25) is 0 Å². The fourth-order valence-corrected chi connectivity index (χ4v) is 4.20. The maximum atomic E-state index is 6.36. The first-order chi connectivity index (χ1) is 9.24. The van der Waals surface area contributed by atoms with Crippen LogP contribution >= 0.6 is 0 Å². The van der Waals surface area contributed by atoms with Gasteiger partial charge in [0.1, 0.15) is 5.75 Å². The highest BCUT2D eigenvalue weighted by atomic mass is 16.5. The van der Waals surface area contributed by atoms with Gasteiger partial charge in [-0.15, -0.1) is 0 Å². The summed E-state index contributed by atoms with van der Waals surface area (Å²) in [7, 11) is 1.70. The minimum Gasteiger partial charge on any atom is -0.497 e. The normalized spacial score (nSPS) is 30.5. The topological polar surface area (TPSA) is 35.2 Å². The second-order valence-electron chi connectivity index (χ2n) is 6.48. The highest BCUT2D eigenvalue weighted by Crippen LogP contribution is 2.49. The molecule has 1 aromatic rings. The number of nitrogens with two attached hydrogens (primary N) is 1. The highest BCUT2D eigenvalue weighted by molar-refractivity contribution is 5.27. The van der Waals surface area contributed by atoms with Gasteiger partial charge in [-0.1, -0.05) is 18.6 Å². The lowest BCUT2D eigenvalue weighted by Gasteiger charge is -2.24. The maximum absolute atomic E-state index is 6.36. The summed E-state index contributed by atoms with van der Waals surface area (Å²) < 4.78 is 5.18. The fourth-order valence-electron chi connectivity index (χ4n) is 4.20. The first-order valence-electron chi connectivity index (χ1n) is 7.63. The molecular formula is C17H25NO. The summed E-state index contributed by atoms with van der Waals surface area (Å²) in [4.78, 5) is 0. The van der Waals surface area contributed by atoms with Crippen molar-refractivity contribution in [2.24, 2.45) is 23.5 Å². The Morgan fingerprint density at radius 1 is 1.21 bits per heavy atom. The Kier molecular flexibility index (Phi) is 3.79. The van der Waals surface area contributed by atoms with Crippen molar-refractivity contribution in [3.05, 3.63) is 29.8 Å². The predicted molar refractivity (Wildman–Crippen MR) is 78.2 cm³/mol. The van der Waals surface area contributed by atoms with Crippen LogP contribution in [-0.2, 0) is 6.42 Å². The molecule has 2 nitrogen and oxygen atoms in total. The molecule has 1 aromatic carbocycles. The van der Waals surface area contributed by atoms with E-state index in [1.165, 1.54) is 37.7 Å². The van der Waals surface area contributed by atoms with E-state index in [0.717, 1.165) is 29.9 Å². The zero-order valence-electron chi connectivity index (χ0n) is 11.8. The minimum atomic E-state index is 0.317. The van der Waals surface area contributed by atoms with Gasteiger partial charge in [-0.2, -0.15) is 0 Å². The molecule has 0 saturated heterocycles. The Morgan fingerprint density at radius 3 is 2.58 bits per heavy atom. The van der Waals surface area contributed by atoms with Gasteiger partial charge in [0.15, 0.2) is 0 Å². The van der Waals surface area contributed by atoms with Crippen LogP contribution in [0.4, 0.5) is 0 Å². The van der Waals surface area contributed by atoms with Gasteiger partial charge in [0, 0.05) is 6.04 Å². The summed E-state index contributed by atoms with van der Waals surface area (Å²) in [5.41, 5.74) is 7.69. The summed E-state index contributed by atoms with van der Waals surface area (Å²) in [5.74, 6) is 3.85. The second kappa shape index (κ2) is 5.54. The largest absolute Gasteiger partial charge is 0.497 e. The summed E-state index contributed by atoms with van der Waals surface area (Å²) >= 11 is 0. The average molecular weight is 259 g/mol. The summed E-state index contributed by atoms with van der Waals surface area (Å²) in [6.07, 6.45) is 8.09. The first kappa shape index (κ1) is 13.0. The van der Waals surface area contributed by atoms with Crippen LogP contribution in [0.15, 0.2) is 24.3 Å². The molecule has 0 spiro atoms. The van der Waals surface area contributed by atoms with E-state index in [4.69, 9.17) is 10.5 Å². The van der Waals surface area contributed by atoms with Crippen LogP contribution < -0.4 is 10.5 Å². The molecule has 2 saturated carbocycles. The van der Waals surface area contributed by atoms with E-state index in [0.29, 0.717) is 6.04 Å². The number of methoxy groups -OCH3 is 1. The van der Waals surface area contributed by atoms with Gasteiger partial charge in [0.25, 0.3) is 0 Å². The molecule has 0 heterocycles. The van der Waals surface area contributed by atoms with Gasteiger partial charge in [0.2, 0.25) is 0 Å². The monoisotopic (exact) mass is 259 g/mol. The average Bonchev–Trinajstić information content (AvgIpc) is 3.02. The zero-order valence-corrected chi connectivity index (χ0v) is 11.8. The number of hydrogen-bond acceptors (Lipinski definition) is 2. The quantitative estimate of drug-likeness (QED) is 0.879. The molecule has 2 N–H and O–H groups in total.